The third-order valence-corrected chi connectivity index (χ3v) is 4.97. The van der Waals surface area contributed by atoms with Gasteiger partial charge >= 0.3 is 0 Å². The van der Waals surface area contributed by atoms with Crippen LogP contribution in [0.2, 0.25) is 0 Å². The van der Waals surface area contributed by atoms with Crippen LogP contribution in [0.5, 0.6) is 0 Å². The average Bonchev–Trinajstić information content (AvgIpc) is 3.08. The van der Waals surface area contributed by atoms with Gasteiger partial charge in [0.05, 0.1) is 0 Å². The zero-order chi connectivity index (χ0) is 17.1. The van der Waals surface area contributed by atoms with Crippen molar-refractivity contribution >= 4 is 5.96 Å². The third kappa shape index (κ3) is 6.16. The van der Waals surface area contributed by atoms with Gasteiger partial charge < -0.3 is 15.4 Å². The normalized spacial score (nSPS) is 17.0. The summed E-state index contributed by atoms with van der Waals surface area (Å²) in [6, 6.07) is 10.6. The number of benzene rings is 1. The van der Waals surface area contributed by atoms with E-state index in [0.717, 1.165) is 45.0 Å². The van der Waals surface area contributed by atoms with Gasteiger partial charge in [-0.15, -0.1) is 0 Å². The molecule has 1 fully saturated rings. The standard InChI is InChI=1S/C20H33N3O/c1-3-21-19(22-15-11-18-9-5-4-6-10-18)23-17-20(14-16-24-2)12-7-8-13-20/h4-6,9-10H,3,7-8,11-17H2,1-2H3,(H2,21,22,23). The van der Waals surface area contributed by atoms with Crippen molar-refractivity contribution in [2.45, 2.75) is 45.4 Å². The van der Waals surface area contributed by atoms with Crippen LogP contribution in [0.25, 0.3) is 0 Å². The highest BCUT2D eigenvalue weighted by atomic mass is 16.5. The number of guanidine groups is 1. The fourth-order valence-electron chi connectivity index (χ4n) is 3.49. The quantitative estimate of drug-likeness (QED) is 0.539. The first-order chi connectivity index (χ1) is 11.8. The molecular weight excluding hydrogens is 298 g/mol. The molecule has 0 atom stereocenters. The van der Waals surface area contributed by atoms with Crippen LogP contribution in [-0.4, -0.2) is 39.3 Å². The van der Waals surface area contributed by atoms with E-state index < -0.39 is 0 Å². The van der Waals surface area contributed by atoms with Crippen LogP contribution in [0.15, 0.2) is 35.3 Å². The van der Waals surface area contributed by atoms with E-state index in [0.29, 0.717) is 5.41 Å². The van der Waals surface area contributed by atoms with Crippen LogP contribution < -0.4 is 10.6 Å². The average molecular weight is 332 g/mol. The summed E-state index contributed by atoms with van der Waals surface area (Å²) in [6.45, 7) is 5.65. The van der Waals surface area contributed by atoms with Crippen LogP contribution in [0.1, 0.15) is 44.6 Å². The summed E-state index contributed by atoms with van der Waals surface area (Å²) in [7, 11) is 1.79. The van der Waals surface area contributed by atoms with Crippen molar-refractivity contribution in [1.29, 1.82) is 0 Å². The molecule has 0 heterocycles. The SMILES string of the molecule is CCNC(=NCC1(CCOC)CCCC1)NCCc1ccccc1. The summed E-state index contributed by atoms with van der Waals surface area (Å²) in [5, 5.41) is 6.85. The summed E-state index contributed by atoms with van der Waals surface area (Å²) in [4.78, 5) is 4.89. The number of aliphatic imine (C=N–C) groups is 1. The first-order valence-corrected chi connectivity index (χ1v) is 9.33. The Hall–Kier alpha value is -1.55. The van der Waals surface area contributed by atoms with Crippen LogP contribution in [0, 0.1) is 5.41 Å². The van der Waals surface area contributed by atoms with Crippen LogP contribution in [0.3, 0.4) is 0 Å². The highest BCUT2D eigenvalue weighted by Gasteiger charge is 2.33. The molecule has 0 saturated heterocycles. The lowest BCUT2D eigenvalue weighted by Gasteiger charge is -2.27. The molecule has 1 aliphatic carbocycles. The minimum Gasteiger partial charge on any atom is -0.385 e. The molecule has 0 aromatic heterocycles. The van der Waals surface area contributed by atoms with E-state index in [-0.39, 0.29) is 0 Å². The van der Waals surface area contributed by atoms with Crippen LogP contribution >= 0.6 is 0 Å². The van der Waals surface area contributed by atoms with Gasteiger partial charge in [-0.05, 0) is 43.6 Å². The van der Waals surface area contributed by atoms with E-state index in [4.69, 9.17) is 9.73 Å². The van der Waals surface area contributed by atoms with Crippen LogP contribution in [0.4, 0.5) is 0 Å². The third-order valence-electron chi connectivity index (χ3n) is 4.97. The van der Waals surface area contributed by atoms with E-state index in [1.165, 1.54) is 31.2 Å². The predicted octanol–water partition coefficient (Wildman–Crippen LogP) is 3.38. The molecule has 1 saturated carbocycles. The molecule has 24 heavy (non-hydrogen) atoms. The van der Waals surface area contributed by atoms with Crippen molar-refractivity contribution in [3.63, 3.8) is 0 Å². The number of ether oxygens (including phenoxy) is 1. The molecule has 0 aliphatic heterocycles. The maximum absolute atomic E-state index is 5.32. The van der Waals surface area contributed by atoms with Crippen molar-refractivity contribution in [1.82, 2.24) is 10.6 Å². The van der Waals surface area contributed by atoms with E-state index >= 15 is 0 Å². The summed E-state index contributed by atoms with van der Waals surface area (Å²) >= 11 is 0. The molecule has 4 heteroatoms. The topological polar surface area (TPSA) is 45.7 Å². The minimum absolute atomic E-state index is 0.345. The number of hydrogen-bond donors (Lipinski definition) is 2. The number of nitrogens with zero attached hydrogens (tertiary/aromatic N) is 1. The van der Waals surface area contributed by atoms with Gasteiger partial charge in [-0.3, -0.25) is 4.99 Å². The van der Waals surface area contributed by atoms with Crippen molar-refractivity contribution in [2.75, 3.05) is 33.4 Å². The van der Waals surface area contributed by atoms with E-state index in [9.17, 15) is 0 Å². The fourth-order valence-corrected chi connectivity index (χ4v) is 3.49. The van der Waals surface area contributed by atoms with Gasteiger partial charge in [-0.1, -0.05) is 43.2 Å². The molecule has 0 unspecified atom stereocenters. The molecule has 1 aliphatic rings. The number of hydrogen-bond acceptors (Lipinski definition) is 2. The Morgan fingerprint density at radius 3 is 2.58 bits per heavy atom. The lowest BCUT2D eigenvalue weighted by molar-refractivity contribution is 0.141. The molecule has 0 radical (unpaired) electrons. The first-order valence-electron chi connectivity index (χ1n) is 9.33. The molecular formula is C20H33N3O. The first kappa shape index (κ1) is 18.8. The highest BCUT2D eigenvalue weighted by Crippen LogP contribution is 2.41. The number of nitrogens with one attached hydrogen (secondary N) is 2. The number of methoxy groups -OCH3 is 1. The van der Waals surface area contributed by atoms with Gasteiger partial charge in [0.2, 0.25) is 0 Å². The Labute approximate surface area is 147 Å². The molecule has 2 rings (SSSR count). The second kappa shape index (κ2) is 10.3. The Morgan fingerprint density at radius 1 is 1.17 bits per heavy atom. The van der Waals surface area contributed by atoms with Crippen molar-refractivity contribution < 1.29 is 4.74 Å². The largest absolute Gasteiger partial charge is 0.385 e. The minimum atomic E-state index is 0.345. The molecule has 0 amide bonds. The molecule has 4 nitrogen and oxygen atoms in total. The Balaban J connectivity index is 1.86. The fraction of sp³-hybridized carbons (Fsp3) is 0.650. The summed E-state index contributed by atoms with van der Waals surface area (Å²) in [5.41, 5.74) is 1.70. The molecule has 0 spiro atoms. The molecule has 0 bridgehead atoms. The van der Waals surface area contributed by atoms with Gasteiger partial charge in [0.25, 0.3) is 0 Å². The molecule has 2 N–H and O–H groups in total. The Bertz CT molecular complexity index is 481. The molecule has 1 aromatic rings. The van der Waals surface area contributed by atoms with Gasteiger partial charge in [-0.2, -0.15) is 0 Å². The summed E-state index contributed by atoms with van der Waals surface area (Å²) in [5.74, 6) is 0.942. The van der Waals surface area contributed by atoms with Crippen molar-refractivity contribution in [3.05, 3.63) is 35.9 Å². The van der Waals surface area contributed by atoms with E-state index in [1.807, 2.05) is 0 Å². The lowest BCUT2D eigenvalue weighted by atomic mass is 9.83. The second-order valence-electron chi connectivity index (χ2n) is 6.81. The number of rotatable bonds is 9. The smallest absolute Gasteiger partial charge is 0.191 e. The van der Waals surface area contributed by atoms with Crippen molar-refractivity contribution in [3.8, 4) is 0 Å². The molecule has 134 valence electrons. The predicted molar refractivity (Wildman–Crippen MR) is 102 cm³/mol. The van der Waals surface area contributed by atoms with Gasteiger partial charge in [0.15, 0.2) is 5.96 Å². The van der Waals surface area contributed by atoms with E-state index in [1.54, 1.807) is 7.11 Å². The van der Waals surface area contributed by atoms with Crippen LogP contribution in [-0.2, 0) is 11.2 Å². The Morgan fingerprint density at radius 2 is 1.92 bits per heavy atom. The Kier molecular flexibility index (Phi) is 8.10. The van der Waals surface area contributed by atoms with Crippen molar-refractivity contribution in [2.24, 2.45) is 10.4 Å². The molecule has 1 aromatic carbocycles. The zero-order valence-electron chi connectivity index (χ0n) is 15.3. The van der Waals surface area contributed by atoms with E-state index in [2.05, 4.69) is 47.9 Å². The zero-order valence-corrected chi connectivity index (χ0v) is 15.3. The van der Waals surface area contributed by atoms with Gasteiger partial charge in [-0.25, -0.2) is 0 Å². The lowest BCUT2D eigenvalue weighted by Crippen LogP contribution is -2.39. The maximum Gasteiger partial charge on any atom is 0.191 e. The highest BCUT2D eigenvalue weighted by molar-refractivity contribution is 5.79. The maximum atomic E-state index is 5.32. The van der Waals surface area contributed by atoms with Gasteiger partial charge in [0.1, 0.15) is 0 Å². The monoisotopic (exact) mass is 331 g/mol. The van der Waals surface area contributed by atoms with Gasteiger partial charge in [0, 0.05) is 33.4 Å². The second-order valence-corrected chi connectivity index (χ2v) is 6.81. The summed E-state index contributed by atoms with van der Waals surface area (Å²) < 4.78 is 5.32. The summed E-state index contributed by atoms with van der Waals surface area (Å²) in [6.07, 6.45) is 7.36.